The van der Waals surface area contributed by atoms with Crippen molar-refractivity contribution in [3.8, 4) is 0 Å². The van der Waals surface area contributed by atoms with Crippen LogP contribution in [0.1, 0.15) is 18.2 Å². The molecule has 0 amide bonds. The number of hydrogen-bond donors (Lipinski definition) is 1. The number of halogens is 1. The lowest BCUT2D eigenvalue weighted by molar-refractivity contribution is 0.514. The van der Waals surface area contributed by atoms with Gasteiger partial charge in [0.05, 0.1) is 10.6 Å². The van der Waals surface area contributed by atoms with E-state index >= 15 is 0 Å². The molecule has 0 aliphatic rings. The van der Waals surface area contributed by atoms with Gasteiger partial charge in [0.15, 0.2) is 21.1 Å². The van der Waals surface area contributed by atoms with Crippen molar-refractivity contribution >= 4 is 48.7 Å². The van der Waals surface area contributed by atoms with Crippen LogP contribution in [0.15, 0.2) is 61.0 Å². The van der Waals surface area contributed by atoms with E-state index in [2.05, 4.69) is 20.9 Å². The van der Waals surface area contributed by atoms with Crippen molar-refractivity contribution in [3.63, 3.8) is 0 Å². The minimum Gasteiger partial charge on any atom is -0.507 e. The summed E-state index contributed by atoms with van der Waals surface area (Å²) >= 11 is 3.30. The Morgan fingerprint density at radius 1 is 1.23 bits per heavy atom. The first-order chi connectivity index (χ1) is 12.3. The Hall–Kier alpha value is -2.45. The number of hydrogen-bond acceptors (Lipinski definition) is 6. The van der Waals surface area contributed by atoms with Gasteiger partial charge < -0.3 is 9.52 Å². The van der Waals surface area contributed by atoms with E-state index in [1.54, 1.807) is 31.2 Å². The van der Waals surface area contributed by atoms with Crippen molar-refractivity contribution in [2.45, 2.75) is 11.8 Å². The summed E-state index contributed by atoms with van der Waals surface area (Å²) in [6.07, 6.45) is 1.19. The summed E-state index contributed by atoms with van der Waals surface area (Å²) in [6, 6.07) is 11.0. The van der Waals surface area contributed by atoms with Gasteiger partial charge in [-0.25, -0.2) is 18.2 Å². The van der Waals surface area contributed by atoms with Gasteiger partial charge in [0.1, 0.15) is 11.3 Å². The first kappa shape index (κ1) is 18.3. The molecule has 3 aromatic rings. The molecule has 3 rings (SSSR count). The number of aromatic nitrogens is 1. The lowest BCUT2D eigenvalue weighted by atomic mass is 10.1. The van der Waals surface area contributed by atoms with Crippen LogP contribution in [-0.4, -0.2) is 24.3 Å². The number of aliphatic hydroxyl groups excluding tert-OH is 1. The maximum absolute atomic E-state index is 12.1. The third kappa shape index (κ3) is 3.71. The van der Waals surface area contributed by atoms with Crippen LogP contribution in [0.25, 0.3) is 22.9 Å². The minimum absolute atomic E-state index is 0.0492. The highest BCUT2D eigenvalue weighted by Gasteiger charge is 2.14. The molecule has 8 heteroatoms. The molecule has 0 bridgehead atoms. The molecule has 1 aromatic heterocycles. The first-order valence-electron chi connectivity index (χ1n) is 7.64. The van der Waals surface area contributed by atoms with Gasteiger partial charge in [-0.15, -0.1) is 0 Å². The van der Waals surface area contributed by atoms with E-state index in [9.17, 15) is 18.3 Å². The molecule has 0 saturated heterocycles. The van der Waals surface area contributed by atoms with Gasteiger partial charge in [-0.05, 0) is 30.3 Å². The van der Waals surface area contributed by atoms with Gasteiger partial charge in [-0.2, -0.15) is 0 Å². The van der Waals surface area contributed by atoms with Crippen molar-refractivity contribution < 1.29 is 17.9 Å². The van der Waals surface area contributed by atoms with Crippen molar-refractivity contribution in [3.05, 3.63) is 68.6 Å². The van der Waals surface area contributed by atoms with E-state index in [-0.39, 0.29) is 33.2 Å². The summed E-state index contributed by atoms with van der Waals surface area (Å²) in [6.45, 7) is 1.54. The summed E-state index contributed by atoms with van der Waals surface area (Å²) in [7, 11) is -3.41. The predicted molar refractivity (Wildman–Crippen MR) is 103 cm³/mol. The molecule has 6 nitrogen and oxygen atoms in total. The summed E-state index contributed by atoms with van der Waals surface area (Å²) < 4.78 is 30.0. The molecule has 2 aromatic carbocycles. The van der Waals surface area contributed by atoms with Crippen LogP contribution in [0.3, 0.4) is 0 Å². The molecule has 26 heavy (non-hydrogen) atoms. The number of rotatable bonds is 4. The third-order valence-corrected chi connectivity index (χ3v) is 6.00. The van der Waals surface area contributed by atoms with Crippen LogP contribution in [0.2, 0.25) is 0 Å². The molecule has 0 unspecified atom stereocenters. The molecule has 1 heterocycles. The normalized spacial score (nSPS) is 12.5. The Bertz CT molecular complexity index is 1160. The average molecular weight is 436 g/mol. The van der Waals surface area contributed by atoms with Crippen molar-refractivity contribution in [2.75, 3.05) is 5.75 Å². The lowest BCUT2D eigenvalue weighted by Gasteiger charge is -2.04. The van der Waals surface area contributed by atoms with E-state index in [1.807, 2.05) is 0 Å². The zero-order valence-corrected chi connectivity index (χ0v) is 16.0. The van der Waals surface area contributed by atoms with E-state index < -0.39 is 15.5 Å². The van der Waals surface area contributed by atoms with Gasteiger partial charge in [-0.3, -0.25) is 0 Å². The minimum atomic E-state index is -3.41. The fourth-order valence-corrected chi connectivity index (χ4v) is 3.45. The Labute approximate surface area is 157 Å². The van der Waals surface area contributed by atoms with Crippen LogP contribution in [0, 0.1) is 0 Å². The number of fused-ring (bicyclic) bond motifs is 1. The van der Waals surface area contributed by atoms with Crippen molar-refractivity contribution in [1.82, 2.24) is 4.98 Å². The fourth-order valence-electron chi connectivity index (χ4n) is 2.28. The fraction of sp³-hybridized carbons (Fsp3) is 0.111. The van der Waals surface area contributed by atoms with E-state index in [0.29, 0.717) is 5.56 Å². The SMILES string of the molecule is CCS(=O)(=O)c1ccc2oc(=O)c(C=C(O)c3ccc(Br)cc3)nc2c1. The van der Waals surface area contributed by atoms with Gasteiger partial charge in [0.25, 0.3) is 0 Å². The second kappa shape index (κ2) is 7.05. The Morgan fingerprint density at radius 3 is 2.58 bits per heavy atom. The number of nitrogens with zero attached hydrogens (tertiary/aromatic N) is 1. The van der Waals surface area contributed by atoms with Crippen LogP contribution in [-0.2, 0) is 9.84 Å². The molecule has 134 valence electrons. The molecule has 0 radical (unpaired) electrons. The van der Waals surface area contributed by atoms with E-state index in [0.717, 1.165) is 4.47 Å². The Kier molecular flexibility index (Phi) is 4.97. The zero-order valence-electron chi connectivity index (χ0n) is 13.6. The summed E-state index contributed by atoms with van der Waals surface area (Å²) in [5.74, 6) is -0.208. The number of aliphatic hydroxyl groups is 1. The van der Waals surface area contributed by atoms with E-state index in [4.69, 9.17) is 4.42 Å². The third-order valence-electron chi connectivity index (χ3n) is 3.74. The first-order valence-corrected chi connectivity index (χ1v) is 10.1. The Balaban J connectivity index is 2.11. The molecule has 0 aliphatic carbocycles. The molecular formula is C18H14BrNO5S. The smallest absolute Gasteiger partial charge is 0.362 e. The average Bonchev–Trinajstić information content (AvgIpc) is 2.62. The van der Waals surface area contributed by atoms with Gasteiger partial charge in [-0.1, -0.05) is 35.0 Å². The summed E-state index contributed by atoms with van der Waals surface area (Å²) in [5.41, 5.74) is 0.0346. The standard InChI is InChI=1S/C18H14BrNO5S/c1-2-26(23,24)13-7-8-17-14(9-13)20-15(18(22)25-17)10-16(21)11-3-5-12(19)6-4-11/h3-10,21H,2H2,1H3. The molecule has 0 spiro atoms. The highest BCUT2D eigenvalue weighted by molar-refractivity contribution is 9.10. The Morgan fingerprint density at radius 2 is 1.92 bits per heavy atom. The summed E-state index contributed by atoms with van der Waals surface area (Å²) in [4.78, 5) is 16.3. The van der Waals surface area contributed by atoms with Crippen molar-refractivity contribution in [2.24, 2.45) is 0 Å². The van der Waals surface area contributed by atoms with Crippen LogP contribution in [0.4, 0.5) is 0 Å². The maximum atomic E-state index is 12.1. The molecule has 0 atom stereocenters. The highest BCUT2D eigenvalue weighted by Crippen LogP contribution is 2.20. The highest BCUT2D eigenvalue weighted by atomic mass is 79.9. The van der Waals surface area contributed by atoms with Crippen molar-refractivity contribution in [1.29, 1.82) is 0 Å². The predicted octanol–water partition coefficient (Wildman–Crippen LogP) is 3.80. The topological polar surface area (TPSA) is 97.5 Å². The molecular weight excluding hydrogens is 422 g/mol. The van der Waals surface area contributed by atoms with Crippen LogP contribution >= 0.6 is 15.9 Å². The molecule has 0 saturated carbocycles. The van der Waals surface area contributed by atoms with E-state index in [1.165, 1.54) is 24.3 Å². The second-order valence-electron chi connectivity index (χ2n) is 5.46. The van der Waals surface area contributed by atoms with Gasteiger partial charge >= 0.3 is 5.63 Å². The number of benzene rings is 2. The van der Waals surface area contributed by atoms with Crippen LogP contribution < -0.4 is 5.63 Å². The quantitative estimate of drug-likeness (QED) is 0.625. The lowest BCUT2D eigenvalue weighted by Crippen LogP contribution is -2.08. The molecule has 0 aliphatic heterocycles. The zero-order chi connectivity index (χ0) is 18.9. The van der Waals surface area contributed by atoms with Crippen LogP contribution in [0.5, 0.6) is 0 Å². The largest absolute Gasteiger partial charge is 0.507 e. The molecule has 0 fully saturated rings. The number of sulfone groups is 1. The maximum Gasteiger partial charge on any atom is 0.362 e. The van der Waals surface area contributed by atoms with Gasteiger partial charge in [0, 0.05) is 16.1 Å². The monoisotopic (exact) mass is 435 g/mol. The summed E-state index contributed by atoms with van der Waals surface area (Å²) in [5, 5.41) is 10.2. The van der Waals surface area contributed by atoms with Gasteiger partial charge in [0.2, 0.25) is 0 Å². The molecule has 1 N–H and O–H groups in total. The second-order valence-corrected chi connectivity index (χ2v) is 8.65.